The predicted molar refractivity (Wildman–Crippen MR) is 119 cm³/mol. The summed E-state index contributed by atoms with van der Waals surface area (Å²) in [6.07, 6.45) is -0.395. The maximum atomic E-state index is 12.8. The zero-order valence-corrected chi connectivity index (χ0v) is 19.7. The van der Waals surface area contributed by atoms with Crippen LogP contribution < -0.4 is 4.18 Å². The second kappa shape index (κ2) is 11.1. The molecule has 0 aliphatic heterocycles. The molecule has 0 aliphatic carbocycles. The van der Waals surface area contributed by atoms with Gasteiger partial charge >= 0.3 is 16.1 Å². The van der Waals surface area contributed by atoms with Gasteiger partial charge in [-0.2, -0.15) is 8.42 Å². The van der Waals surface area contributed by atoms with Gasteiger partial charge in [0, 0.05) is 19.7 Å². The van der Waals surface area contributed by atoms with Crippen LogP contribution in [0, 0.1) is 0 Å². The van der Waals surface area contributed by atoms with Gasteiger partial charge in [-0.15, -0.1) is 0 Å². The maximum Gasteiger partial charge on any atom is 0.340 e. The van der Waals surface area contributed by atoms with Crippen LogP contribution in [0.15, 0.2) is 53.4 Å². The van der Waals surface area contributed by atoms with Crippen LogP contribution in [0.1, 0.15) is 43.6 Å². The number of hydrogen-bond donors (Lipinski definition) is 0. The van der Waals surface area contributed by atoms with E-state index in [9.17, 15) is 18.0 Å². The van der Waals surface area contributed by atoms with Gasteiger partial charge < -0.3 is 18.6 Å². The first-order chi connectivity index (χ1) is 15.0. The lowest BCUT2D eigenvalue weighted by Crippen LogP contribution is -2.38. The lowest BCUT2D eigenvalue weighted by Gasteiger charge is -2.26. The molecule has 0 radical (unpaired) electrons. The minimum Gasteiger partial charge on any atom is -0.459 e. The highest BCUT2D eigenvalue weighted by Crippen LogP contribution is 2.23. The minimum absolute atomic E-state index is 0.0176. The van der Waals surface area contributed by atoms with Crippen molar-refractivity contribution in [2.75, 3.05) is 13.7 Å². The zero-order valence-electron chi connectivity index (χ0n) is 18.9. The highest BCUT2D eigenvalue weighted by atomic mass is 32.2. The van der Waals surface area contributed by atoms with E-state index in [0.717, 1.165) is 5.56 Å². The summed E-state index contributed by atoms with van der Waals surface area (Å²) in [5, 5.41) is 0. The van der Waals surface area contributed by atoms with Gasteiger partial charge in [0.1, 0.15) is 17.3 Å². The van der Waals surface area contributed by atoms with Crippen LogP contribution in [0.5, 0.6) is 5.75 Å². The van der Waals surface area contributed by atoms with Crippen LogP contribution in [0.2, 0.25) is 0 Å². The second-order valence-corrected chi connectivity index (χ2v) is 9.19. The van der Waals surface area contributed by atoms with Gasteiger partial charge in [-0.3, -0.25) is 4.79 Å². The number of rotatable bonds is 10. The molecule has 0 spiro atoms. The molecule has 2 aromatic carbocycles. The van der Waals surface area contributed by atoms with Gasteiger partial charge in [0.15, 0.2) is 0 Å². The Bertz CT molecular complexity index is 1030. The molecule has 0 atom stereocenters. The Labute approximate surface area is 189 Å². The molecule has 174 valence electrons. The Morgan fingerprint density at radius 1 is 0.969 bits per heavy atom. The Kier molecular flexibility index (Phi) is 8.80. The molecule has 0 unspecified atom stereocenters. The van der Waals surface area contributed by atoms with E-state index in [1.165, 1.54) is 37.4 Å². The van der Waals surface area contributed by atoms with Crippen molar-refractivity contribution in [1.29, 1.82) is 0 Å². The maximum absolute atomic E-state index is 12.8. The van der Waals surface area contributed by atoms with E-state index >= 15 is 0 Å². The number of carbonyl (C=O) groups is 2. The number of benzene rings is 2. The van der Waals surface area contributed by atoms with Crippen molar-refractivity contribution in [3.8, 4) is 5.75 Å². The molecule has 0 N–H and O–H groups in total. The molecule has 32 heavy (non-hydrogen) atoms. The van der Waals surface area contributed by atoms with Crippen LogP contribution in [0.4, 0.5) is 0 Å². The number of esters is 1. The third-order valence-electron chi connectivity index (χ3n) is 4.41. The number of carbonyl (C=O) groups excluding carboxylic acids is 2. The Balaban J connectivity index is 2.20. The lowest BCUT2D eigenvalue weighted by molar-refractivity contribution is -0.137. The van der Waals surface area contributed by atoms with Gasteiger partial charge in [0.2, 0.25) is 5.91 Å². The average Bonchev–Trinajstić information content (AvgIpc) is 2.72. The van der Waals surface area contributed by atoms with Crippen molar-refractivity contribution < 1.29 is 31.7 Å². The molecule has 0 saturated carbocycles. The van der Waals surface area contributed by atoms with E-state index in [1.54, 1.807) is 36.9 Å². The van der Waals surface area contributed by atoms with E-state index in [1.807, 2.05) is 13.8 Å². The quantitative estimate of drug-likeness (QED) is 0.393. The summed E-state index contributed by atoms with van der Waals surface area (Å²) >= 11 is 0. The van der Waals surface area contributed by atoms with Gasteiger partial charge in [-0.25, -0.2) is 4.79 Å². The molecular formula is C23H29NO7S. The van der Waals surface area contributed by atoms with E-state index < -0.39 is 22.2 Å². The molecule has 0 bridgehead atoms. The summed E-state index contributed by atoms with van der Waals surface area (Å²) in [6, 6.07) is 12.1. The summed E-state index contributed by atoms with van der Waals surface area (Å²) in [7, 11) is -2.81. The Morgan fingerprint density at radius 2 is 1.59 bits per heavy atom. The van der Waals surface area contributed by atoms with Crippen LogP contribution in [-0.2, 0) is 30.9 Å². The number of nitrogens with zero attached hydrogens (tertiary/aromatic N) is 1. The monoisotopic (exact) mass is 463 g/mol. The average molecular weight is 464 g/mol. The smallest absolute Gasteiger partial charge is 0.340 e. The van der Waals surface area contributed by atoms with E-state index in [0.29, 0.717) is 6.54 Å². The van der Waals surface area contributed by atoms with Crippen molar-refractivity contribution in [2.45, 2.75) is 51.3 Å². The van der Waals surface area contributed by atoms with Crippen LogP contribution in [0.3, 0.4) is 0 Å². The largest absolute Gasteiger partial charge is 0.459 e. The van der Waals surface area contributed by atoms with E-state index in [2.05, 4.69) is 0 Å². The normalized spacial score (nSPS) is 11.5. The third kappa shape index (κ3) is 6.80. The highest BCUT2D eigenvalue weighted by Gasteiger charge is 2.25. The minimum atomic E-state index is -4.28. The van der Waals surface area contributed by atoms with Crippen molar-refractivity contribution in [3.63, 3.8) is 0 Å². The summed E-state index contributed by atoms with van der Waals surface area (Å²) in [5.41, 5.74) is 0.705. The first-order valence-corrected chi connectivity index (χ1v) is 11.6. The highest BCUT2D eigenvalue weighted by molar-refractivity contribution is 7.87. The van der Waals surface area contributed by atoms with Crippen LogP contribution >= 0.6 is 0 Å². The van der Waals surface area contributed by atoms with Crippen molar-refractivity contribution >= 4 is 22.0 Å². The molecule has 0 heterocycles. The number of ether oxygens (including phenoxy) is 2. The lowest BCUT2D eigenvalue weighted by atomic mass is 10.2. The molecule has 0 aromatic heterocycles. The molecule has 0 fully saturated rings. The topological polar surface area (TPSA) is 99.2 Å². The molecular weight excluding hydrogens is 434 g/mol. The fraction of sp³-hybridized carbons (Fsp3) is 0.391. The van der Waals surface area contributed by atoms with Crippen molar-refractivity contribution in [2.24, 2.45) is 0 Å². The van der Waals surface area contributed by atoms with E-state index in [4.69, 9.17) is 13.7 Å². The summed E-state index contributed by atoms with van der Waals surface area (Å²) < 4.78 is 41.0. The Hall–Kier alpha value is -2.91. The van der Waals surface area contributed by atoms with E-state index in [-0.39, 0.29) is 34.8 Å². The predicted octanol–water partition coefficient (Wildman–Crippen LogP) is 3.40. The fourth-order valence-electron chi connectivity index (χ4n) is 2.91. The van der Waals surface area contributed by atoms with Gasteiger partial charge in [-0.05, 0) is 57.5 Å². The number of methoxy groups -OCH3 is 1. The van der Waals surface area contributed by atoms with Crippen LogP contribution in [-0.4, -0.2) is 51.1 Å². The number of amides is 1. The Morgan fingerprint density at radius 3 is 2.16 bits per heavy atom. The van der Waals surface area contributed by atoms with Crippen LogP contribution in [0.25, 0.3) is 0 Å². The summed E-state index contributed by atoms with van der Waals surface area (Å²) in [4.78, 5) is 25.9. The fourth-order valence-corrected chi connectivity index (χ4v) is 4.03. The number of hydrogen-bond acceptors (Lipinski definition) is 7. The molecule has 0 saturated heterocycles. The third-order valence-corrected chi connectivity index (χ3v) is 5.72. The first-order valence-electron chi connectivity index (χ1n) is 10.2. The van der Waals surface area contributed by atoms with Gasteiger partial charge in [0.25, 0.3) is 0 Å². The molecule has 9 heteroatoms. The molecule has 2 aromatic rings. The SMILES string of the molecule is COCC(=O)N(Cc1ccc(OS(=O)(=O)c2ccccc2C(=O)OC(C)C)cc1)C(C)C. The molecule has 8 nitrogen and oxygen atoms in total. The van der Waals surface area contributed by atoms with Gasteiger partial charge in [0.05, 0.1) is 11.7 Å². The molecule has 1 amide bonds. The van der Waals surface area contributed by atoms with Crippen molar-refractivity contribution in [1.82, 2.24) is 4.90 Å². The standard InChI is InChI=1S/C23H29NO7S/c1-16(2)24(22(25)15-29-5)14-18-10-12-19(13-11-18)31-32(27,28)21-9-7-6-8-20(21)23(26)30-17(3)4/h6-13,16-17H,14-15H2,1-5H3. The van der Waals surface area contributed by atoms with Gasteiger partial charge in [-0.1, -0.05) is 24.3 Å². The summed E-state index contributed by atoms with van der Waals surface area (Å²) in [5.74, 6) is -0.803. The zero-order chi connectivity index (χ0) is 23.9. The molecule has 0 aliphatic rings. The van der Waals surface area contributed by atoms with Crippen molar-refractivity contribution in [3.05, 3.63) is 59.7 Å². The first kappa shape index (κ1) is 25.4. The molecule has 2 rings (SSSR count). The summed E-state index contributed by atoms with van der Waals surface area (Å²) in [6.45, 7) is 7.48. The second-order valence-electron chi connectivity index (χ2n) is 7.68.